The van der Waals surface area contributed by atoms with Crippen molar-refractivity contribution in [2.45, 2.75) is 20.0 Å². The summed E-state index contributed by atoms with van der Waals surface area (Å²) in [7, 11) is 1.56. The second kappa shape index (κ2) is 11.0. The van der Waals surface area contributed by atoms with Crippen LogP contribution in [0.3, 0.4) is 0 Å². The Balaban J connectivity index is 1.50. The van der Waals surface area contributed by atoms with E-state index in [-0.39, 0.29) is 18.1 Å². The average molecular weight is 434 g/mol. The Labute approximate surface area is 187 Å². The molecule has 7 nitrogen and oxygen atoms in total. The molecule has 1 amide bonds. The molecule has 0 fully saturated rings. The number of rotatable bonds is 10. The minimum atomic E-state index is -1.18. The number of anilines is 1. The number of aryl methyl sites for hydroxylation is 1. The molecule has 3 aromatic carbocycles. The number of carboxylic acid groups (broad SMARTS) is 1. The van der Waals surface area contributed by atoms with Gasteiger partial charge in [-0.15, -0.1) is 0 Å². The van der Waals surface area contributed by atoms with Gasteiger partial charge in [0, 0.05) is 16.8 Å². The minimum absolute atomic E-state index is 0.127. The molecule has 0 aliphatic heterocycles. The first kappa shape index (κ1) is 22.8. The fraction of sp³-hybridized carbons (Fsp3) is 0.200. The summed E-state index contributed by atoms with van der Waals surface area (Å²) < 4.78 is 11.1. The number of carboxylic acids is 1. The van der Waals surface area contributed by atoms with E-state index in [1.165, 1.54) is 0 Å². The zero-order chi connectivity index (χ0) is 22.9. The van der Waals surface area contributed by atoms with Gasteiger partial charge in [0.1, 0.15) is 13.1 Å². The fourth-order valence-electron chi connectivity index (χ4n) is 3.12. The summed E-state index contributed by atoms with van der Waals surface area (Å²) in [6, 6.07) is 19.8. The highest BCUT2D eigenvalue weighted by atomic mass is 16.5. The zero-order valence-electron chi connectivity index (χ0n) is 18.1. The number of methoxy groups -OCH3 is 1. The van der Waals surface area contributed by atoms with Gasteiger partial charge in [0.25, 0.3) is 5.91 Å². The van der Waals surface area contributed by atoms with E-state index in [9.17, 15) is 14.7 Å². The van der Waals surface area contributed by atoms with E-state index in [0.29, 0.717) is 24.6 Å². The third-order valence-corrected chi connectivity index (χ3v) is 4.87. The normalized spacial score (nSPS) is 10.4. The smallest absolute Gasteiger partial charge is 0.262 e. The van der Waals surface area contributed by atoms with Crippen LogP contribution >= 0.6 is 0 Å². The summed E-state index contributed by atoms with van der Waals surface area (Å²) in [6.07, 6.45) is 0. The van der Waals surface area contributed by atoms with Gasteiger partial charge in [-0.1, -0.05) is 42.0 Å². The molecular formula is C25H26N2O5. The van der Waals surface area contributed by atoms with Gasteiger partial charge in [-0.05, 0) is 42.8 Å². The summed E-state index contributed by atoms with van der Waals surface area (Å²) >= 11 is 0. The molecule has 0 bridgehead atoms. The molecule has 3 rings (SSSR count). The molecule has 0 saturated carbocycles. The van der Waals surface area contributed by atoms with E-state index in [2.05, 4.69) is 10.6 Å². The summed E-state index contributed by atoms with van der Waals surface area (Å²) in [4.78, 5) is 23.0. The maximum Gasteiger partial charge on any atom is 0.262 e. The average Bonchev–Trinajstić information content (AvgIpc) is 2.80. The molecule has 0 aliphatic rings. The highest BCUT2D eigenvalue weighted by Crippen LogP contribution is 2.27. The number of aromatic carboxylic acids is 1. The number of amides is 1. The molecular weight excluding hydrogens is 408 g/mol. The van der Waals surface area contributed by atoms with Gasteiger partial charge in [-0.3, -0.25) is 4.79 Å². The molecule has 0 unspecified atom stereocenters. The van der Waals surface area contributed by atoms with Crippen LogP contribution in [0.2, 0.25) is 0 Å². The maximum absolute atomic E-state index is 12.2. The number of carbonyl (C=O) groups is 2. The van der Waals surface area contributed by atoms with E-state index in [1.54, 1.807) is 37.4 Å². The van der Waals surface area contributed by atoms with E-state index in [4.69, 9.17) is 9.47 Å². The first-order valence-electron chi connectivity index (χ1n) is 10.2. The van der Waals surface area contributed by atoms with Crippen molar-refractivity contribution in [1.29, 1.82) is 0 Å². The fourth-order valence-corrected chi connectivity index (χ4v) is 3.12. The Bertz CT molecular complexity index is 1060. The predicted octanol–water partition coefficient (Wildman–Crippen LogP) is 1.65. The SMILES string of the molecule is COc1cc(C[NH2+]Cc2ccc(C(=O)[O-])cc2)ccc1OCC(=O)Nc1ccc(C)cc1. The van der Waals surface area contributed by atoms with Crippen molar-refractivity contribution in [3.8, 4) is 11.5 Å². The number of carbonyl (C=O) groups excluding carboxylic acids is 2. The molecule has 3 N–H and O–H groups in total. The number of nitrogens with one attached hydrogen (secondary N) is 1. The zero-order valence-corrected chi connectivity index (χ0v) is 18.1. The molecule has 0 heterocycles. The Kier molecular flexibility index (Phi) is 7.83. The molecule has 32 heavy (non-hydrogen) atoms. The van der Waals surface area contributed by atoms with Gasteiger partial charge >= 0.3 is 0 Å². The molecule has 7 heteroatoms. The lowest BCUT2D eigenvalue weighted by Crippen LogP contribution is -2.80. The van der Waals surface area contributed by atoms with Gasteiger partial charge in [0.05, 0.1) is 13.1 Å². The van der Waals surface area contributed by atoms with Crippen LogP contribution < -0.4 is 25.2 Å². The Hall–Kier alpha value is -3.84. The number of quaternary nitrogens is 1. The quantitative estimate of drug-likeness (QED) is 0.505. The van der Waals surface area contributed by atoms with Crippen molar-refractivity contribution in [1.82, 2.24) is 0 Å². The third-order valence-electron chi connectivity index (χ3n) is 4.87. The van der Waals surface area contributed by atoms with Crippen LogP contribution in [0.15, 0.2) is 66.7 Å². The van der Waals surface area contributed by atoms with E-state index >= 15 is 0 Å². The number of ether oxygens (including phenoxy) is 2. The Morgan fingerprint density at radius 3 is 2.22 bits per heavy atom. The second-order valence-electron chi connectivity index (χ2n) is 7.37. The first-order valence-corrected chi connectivity index (χ1v) is 10.2. The van der Waals surface area contributed by atoms with E-state index in [0.717, 1.165) is 22.4 Å². The monoisotopic (exact) mass is 434 g/mol. The van der Waals surface area contributed by atoms with Crippen LogP contribution in [0.25, 0.3) is 0 Å². The standard InChI is InChI=1S/C25H26N2O5/c1-17-3-10-21(11-4-17)27-24(28)16-32-22-12-7-19(13-23(22)31-2)15-26-14-18-5-8-20(9-6-18)25(29)30/h3-13,26H,14-16H2,1-2H3,(H,27,28)(H,29,30). The van der Waals surface area contributed by atoms with Gasteiger partial charge in [0.15, 0.2) is 18.1 Å². The molecule has 0 spiro atoms. The minimum Gasteiger partial charge on any atom is -0.545 e. The summed E-state index contributed by atoms with van der Waals surface area (Å²) in [6.45, 7) is 3.26. The molecule has 0 radical (unpaired) electrons. The van der Waals surface area contributed by atoms with Crippen molar-refractivity contribution in [3.05, 3.63) is 89.0 Å². The topological polar surface area (TPSA) is 104 Å². The number of benzene rings is 3. The molecule has 0 aliphatic carbocycles. The van der Waals surface area contributed by atoms with Crippen molar-refractivity contribution in [2.75, 3.05) is 19.0 Å². The molecule has 0 aromatic heterocycles. The van der Waals surface area contributed by atoms with Gasteiger partial charge < -0.3 is 30.0 Å². The van der Waals surface area contributed by atoms with Crippen LogP contribution in [-0.4, -0.2) is 25.6 Å². The summed E-state index contributed by atoms with van der Waals surface area (Å²) in [5.41, 5.74) is 4.05. The second-order valence-corrected chi connectivity index (χ2v) is 7.37. The lowest BCUT2D eigenvalue weighted by molar-refractivity contribution is -0.686. The van der Waals surface area contributed by atoms with Crippen LogP contribution in [0, 0.1) is 6.92 Å². The molecule has 0 atom stereocenters. The van der Waals surface area contributed by atoms with Crippen LogP contribution in [0.4, 0.5) is 5.69 Å². The van der Waals surface area contributed by atoms with Crippen LogP contribution in [-0.2, 0) is 17.9 Å². The van der Waals surface area contributed by atoms with Crippen LogP contribution in [0.5, 0.6) is 11.5 Å². The van der Waals surface area contributed by atoms with Crippen molar-refractivity contribution >= 4 is 17.6 Å². The number of hydrogen-bond acceptors (Lipinski definition) is 5. The van der Waals surface area contributed by atoms with E-state index in [1.807, 2.05) is 43.3 Å². The van der Waals surface area contributed by atoms with Crippen molar-refractivity contribution in [2.24, 2.45) is 0 Å². The maximum atomic E-state index is 12.2. The van der Waals surface area contributed by atoms with Gasteiger partial charge in [-0.25, -0.2) is 0 Å². The highest BCUT2D eigenvalue weighted by molar-refractivity contribution is 5.91. The number of hydrogen-bond donors (Lipinski definition) is 2. The van der Waals surface area contributed by atoms with Crippen LogP contribution in [0.1, 0.15) is 27.0 Å². The Morgan fingerprint density at radius 1 is 0.906 bits per heavy atom. The highest BCUT2D eigenvalue weighted by Gasteiger charge is 2.10. The number of nitrogens with two attached hydrogens (primary N) is 1. The molecule has 166 valence electrons. The summed E-state index contributed by atoms with van der Waals surface area (Å²) in [5, 5.41) is 15.7. The largest absolute Gasteiger partial charge is 0.545 e. The lowest BCUT2D eigenvalue weighted by atomic mass is 10.1. The predicted molar refractivity (Wildman–Crippen MR) is 118 cm³/mol. The van der Waals surface area contributed by atoms with Gasteiger partial charge in [0.2, 0.25) is 0 Å². The third kappa shape index (κ3) is 6.58. The summed E-state index contributed by atoms with van der Waals surface area (Å²) in [5.74, 6) is -0.383. The first-order chi connectivity index (χ1) is 15.4. The molecule has 0 saturated heterocycles. The van der Waals surface area contributed by atoms with E-state index < -0.39 is 5.97 Å². The van der Waals surface area contributed by atoms with Gasteiger partial charge in [-0.2, -0.15) is 0 Å². The molecule has 3 aromatic rings. The Morgan fingerprint density at radius 2 is 1.56 bits per heavy atom. The lowest BCUT2D eigenvalue weighted by Gasteiger charge is -2.12. The van der Waals surface area contributed by atoms with Crippen molar-refractivity contribution < 1.29 is 29.5 Å². The van der Waals surface area contributed by atoms with Crippen molar-refractivity contribution in [3.63, 3.8) is 0 Å².